The molecule has 18 heavy (non-hydrogen) atoms. The lowest BCUT2D eigenvalue weighted by molar-refractivity contribution is -0.138. The van der Waals surface area contributed by atoms with E-state index in [1.807, 2.05) is 6.92 Å². The summed E-state index contributed by atoms with van der Waals surface area (Å²) in [5, 5.41) is 14.3. The van der Waals surface area contributed by atoms with Crippen molar-refractivity contribution in [2.45, 2.75) is 31.8 Å². The van der Waals surface area contributed by atoms with Crippen LogP contribution < -0.4 is 16.4 Å². The number of nitrogens with two attached hydrogens (primary N) is 1. The quantitative estimate of drug-likeness (QED) is 0.372. The Morgan fingerprint density at radius 2 is 2.11 bits per heavy atom. The molecule has 2 atom stereocenters. The van der Waals surface area contributed by atoms with Crippen molar-refractivity contribution in [2.24, 2.45) is 5.73 Å². The topological polar surface area (TPSA) is 104 Å². The van der Waals surface area contributed by atoms with Gasteiger partial charge in [-0.2, -0.15) is 12.6 Å². The monoisotopic (exact) mass is 275 g/mol. The van der Waals surface area contributed by atoms with Crippen molar-refractivity contribution < 1.29 is 14.7 Å². The Labute approximate surface area is 112 Å². The number of rotatable bonds is 9. The van der Waals surface area contributed by atoms with Crippen molar-refractivity contribution in [3.8, 4) is 0 Å². The van der Waals surface area contributed by atoms with Crippen molar-refractivity contribution in [1.82, 2.24) is 10.6 Å². The van der Waals surface area contributed by atoms with E-state index >= 15 is 0 Å². The fourth-order valence-corrected chi connectivity index (χ4v) is 1.58. The van der Waals surface area contributed by atoms with Gasteiger partial charge >= 0.3 is 5.97 Å². The summed E-state index contributed by atoms with van der Waals surface area (Å²) in [4.78, 5) is 22.1. The smallest absolute Gasteiger partial charge is 0.320 e. The zero-order valence-electron chi connectivity index (χ0n) is 10.5. The Kier molecular flexibility index (Phi) is 8.23. The van der Waals surface area contributed by atoms with Gasteiger partial charge in [-0.1, -0.05) is 6.58 Å². The summed E-state index contributed by atoms with van der Waals surface area (Å²) in [6.45, 7) is 6.43. The highest BCUT2D eigenvalue weighted by Gasteiger charge is 2.16. The number of hydrogen-bond donors (Lipinski definition) is 5. The summed E-state index contributed by atoms with van der Waals surface area (Å²) in [7, 11) is 0. The highest BCUT2D eigenvalue weighted by molar-refractivity contribution is 7.80. The van der Waals surface area contributed by atoms with Gasteiger partial charge in [0.25, 0.3) is 0 Å². The van der Waals surface area contributed by atoms with Crippen LogP contribution in [0.3, 0.4) is 0 Å². The van der Waals surface area contributed by atoms with E-state index in [9.17, 15) is 9.59 Å². The summed E-state index contributed by atoms with van der Waals surface area (Å²) in [5.74, 6) is -0.946. The minimum absolute atomic E-state index is 0.0666. The number of aliphatic carboxylic acids is 1. The first-order valence-electron chi connectivity index (χ1n) is 5.73. The van der Waals surface area contributed by atoms with Crippen molar-refractivity contribution >= 4 is 24.5 Å². The minimum Gasteiger partial charge on any atom is -0.480 e. The summed E-state index contributed by atoms with van der Waals surface area (Å²) in [6, 6.07) is -1.29. The van der Waals surface area contributed by atoms with Crippen LogP contribution in [0.1, 0.15) is 19.8 Å². The molecule has 0 rings (SSSR count). The maximum atomic E-state index is 11.6. The molecule has 2 unspecified atom stereocenters. The molecule has 0 aliphatic carbocycles. The molecule has 0 aromatic carbocycles. The number of likely N-dealkylation sites (N-methyl/N-ethyl adjacent to an activating group) is 1. The Bertz CT molecular complexity index is 310. The Hall–Kier alpha value is -1.21. The fourth-order valence-electron chi connectivity index (χ4n) is 1.27. The van der Waals surface area contributed by atoms with Crippen LogP contribution >= 0.6 is 12.6 Å². The van der Waals surface area contributed by atoms with Gasteiger partial charge < -0.3 is 21.5 Å². The molecule has 7 heteroatoms. The molecule has 0 aliphatic heterocycles. The predicted molar refractivity (Wildman–Crippen MR) is 73.4 cm³/mol. The van der Waals surface area contributed by atoms with Gasteiger partial charge in [-0.15, -0.1) is 0 Å². The number of carbonyl (C=O) groups is 2. The first kappa shape index (κ1) is 16.8. The van der Waals surface area contributed by atoms with Gasteiger partial charge in [0, 0.05) is 24.4 Å². The molecule has 0 bridgehead atoms. The van der Waals surface area contributed by atoms with E-state index in [1.165, 1.54) is 0 Å². The van der Waals surface area contributed by atoms with Gasteiger partial charge in [0.15, 0.2) is 0 Å². The first-order valence-corrected chi connectivity index (χ1v) is 6.36. The summed E-state index contributed by atoms with van der Waals surface area (Å²) in [6.07, 6.45) is 0.172. The van der Waals surface area contributed by atoms with Crippen LogP contribution in [0.25, 0.3) is 0 Å². The Morgan fingerprint density at radius 3 is 2.56 bits per heavy atom. The van der Waals surface area contributed by atoms with Crippen molar-refractivity contribution in [2.75, 3.05) is 12.3 Å². The van der Waals surface area contributed by atoms with Gasteiger partial charge in [-0.25, -0.2) is 0 Å². The molecular formula is C11H21N3O3S. The molecule has 0 saturated carbocycles. The second-order valence-electron chi connectivity index (χ2n) is 3.84. The van der Waals surface area contributed by atoms with E-state index in [0.29, 0.717) is 18.0 Å². The van der Waals surface area contributed by atoms with Crippen LogP contribution in [0.4, 0.5) is 0 Å². The molecule has 1 amide bonds. The zero-order chi connectivity index (χ0) is 14.1. The van der Waals surface area contributed by atoms with Crippen LogP contribution in [0, 0.1) is 0 Å². The lowest BCUT2D eigenvalue weighted by atomic mass is 10.1. The third-order valence-electron chi connectivity index (χ3n) is 2.34. The minimum atomic E-state index is -1.11. The molecule has 6 nitrogen and oxygen atoms in total. The normalized spacial score (nSPS) is 13.5. The van der Waals surface area contributed by atoms with E-state index in [-0.39, 0.29) is 24.8 Å². The van der Waals surface area contributed by atoms with E-state index < -0.39 is 12.0 Å². The number of hydrogen-bond acceptors (Lipinski definition) is 5. The van der Waals surface area contributed by atoms with E-state index in [4.69, 9.17) is 10.8 Å². The highest BCUT2D eigenvalue weighted by Crippen LogP contribution is 2.01. The second-order valence-corrected chi connectivity index (χ2v) is 4.21. The molecule has 5 N–H and O–H groups in total. The molecule has 0 spiro atoms. The molecule has 0 fully saturated rings. The van der Waals surface area contributed by atoms with Gasteiger partial charge in [-0.05, 0) is 13.3 Å². The number of carboxylic acids is 1. The fraction of sp³-hybridized carbons (Fsp3) is 0.636. The number of carboxylic acid groups (broad SMARTS) is 1. The summed E-state index contributed by atoms with van der Waals surface area (Å²) >= 11 is 4.13. The summed E-state index contributed by atoms with van der Waals surface area (Å²) in [5.41, 5.74) is 5.99. The maximum absolute atomic E-state index is 11.6. The molecule has 0 heterocycles. The number of thiol groups is 1. The van der Waals surface area contributed by atoms with Crippen LogP contribution in [0.15, 0.2) is 12.3 Å². The highest BCUT2D eigenvalue weighted by atomic mass is 32.1. The molecule has 0 radical (unpaired) electrons. The van der Waals surface area contributed by atoms with Gasteiger partial charge in [-0.3, -0.25) is 9.59 Å². The molecule has 104 valence electrons. The number of carbonyl (C=O) groups excluding carboxylic acids is 1. The van der Waals surface area contributed by atoms with Crippen molar-refractivity contribution in [1.29, 1.82) is 0 Å². The number of nitrogens with one attached hydrogen (secondary N) is 2. The third kappa shape index (κ3) is 6.51. The first-order chi connectivity index (χ1) is 8.42. The lowest BCUT2D eigenvalue weighted by Gasteiger charge is -2.20. The van der Waals surface area contributed by atoms with Gasteiger partial charge in [0.1, 0.15) is 6.04 Å². The lowest BCUT2D eigenvalue weighted by Crippen LogP contribution is -2.42. The van der Waals surface area contributed by atoms with E-state index in [0.717, 1.165) is 0 Å². The van der Waals surface area contributed by atoms with Crippen molar-refractivity contribution in [3.63, 3.8) is 0 Å². The average Bonchev–Trinajstić information content (AvgIpc) is 2.32. The van der Waals surface area contributed by atoms with Crippen LogP contribution in [0.2, 0.25) is 0 Å². The van der Waals surface area contributed by atoms with E-state index in [2.05, 4.69) is 29.8 Å². The van der Waals surface area contributed by atoms with Crippen molar-refractivity contribution in [3.05, 3.63) is 12.3 Å². The molecule has 0 aromatic heterocycles. The Balaban J connectivity index is 4.12. The number of amides is 1. The van der Waals surface area contributed by atoms with Gasteiger partial charge in [0.2, 0.25) is 5.91 Å². The van der Waals surface area contributed by atoms with Crippen LogP contribution in [-0.4, -0.2) is 41.4 Å². The molecule has 0 aliphatic rings. The van der Waals surface area contributed by atoms with Crippen LogP contribution in [0.5, 0.6) is 0 Å². The third-order valence-corrected chi connectivity index (χ3v) is 2.71. The average molecular weight is 275 g/mol. The van der Waals surface area contributed by atoms with Crippen LogP contribution in [-0.2, 0) is 9.59 Å². The zero-order valence-corrected chi connectivity index (χ0v) is 11.4. The molecular weight excluding hydrogens is 254 g/mol. The Morgan fingerprint density at radius 1 is 1.50 bits per heavy atom. The SMILES string of the molecule is C=C(NCC)C(CS)NC(=O)CCC(N)C(=O)O. The molecule has 0 saturated heterocycles. The molecule has 0 aromatic rings. The largest absolute Gasteiger partial charge is 0.480 e. The van der Waals surface area contributed by atoms with E-state index in [1.54, 1.807) is 0 Å². The predicted octanol–water partition coefficient (Wildman–Crippen LogP) is -0.284. The second kappa shape index (κ2) is 8.82. The maximum Gasteiger partial charge on any atom is 0.320 e. The van der Waals surface area contributed by atoms with Gasteiger partial charge in [0.05, 0.1) is 6.04 Å². The summed E-state index contributed by atoms with van der Waals surface area (Å²) < 4.78 is 0. The standard InChI is InChI=1S/C11H21N3O3S/c1-3-13-7(2)9(6-18)14-10(15)5-4-8(12)11(16)17/h8-9,13,18H,2-6,12H2,1H3,(H,14,15)(H,16,17).